The van der Waals surface area contributed by atoms with E-state index in [0.29, 0.717) is 5.69 Å². The Balaban J connectivity index is 2.18. The molecule has 0 unspecified atom stereocenters. The number of unbranched alkanes of at least 4 members (excludes halogenated alkanes) is 5. The third kappa shape index (κ3) is 5.39. The maximum absolute atomic E-state index is 5.85. The highest BCUT2D eigenvalue weighted by Gasteiger charge is 2.03. The predicted octanol–water partition coefficient (Wildman–Crippen LogP) is 4.20. The van der Waals surface area contributed by atoms with Gasteiger partial charge in [0, 0.05) is 12.7 Å². The van der Waals surface area contributed by atoms with Crippen molar-refractivity contribution in [2.45, 2.75) is 45.4 Å². The van der Waals surface area contributed by atoms with Crippen molar-refractivity contribution in [3.8, 4) is 0 Å². The molecule has 0 aliphatic heterocycles. The standard InChI is InChI=1S/C13H22BrN3/c1-2-3-4-5-6-7-8-17-13-11(14)9-16-10-12(13)15/h9-10H,2-8,15H2,1H3,(H,16,17). The Hall–Kier alpha value is -0.770. The van der Waals surface area contributed by atoms with Crippen molar-refractivity contribution in [1.29, 1.82) is 0 Å². The summed E-state index contributed by atoms with van der Waals surface area (Å²) >= 11 is 3.45. The Morgan fingerprint density at radius 3 is 2.59 bits per heavy atom. The second-order valence-corrected chi connectivity index (χ2v) is 5.13. The zero-order valence-corrected chi connectivity index (χ0v) is 12.1. The minimum Gasteiger partial charge on any atom is -0.396 e. The maximum Gasteiger partial charge on any atom is 0.0750 e. The first-order valence-electron chi connectivity index (χ1n) is 6.38. The molecule has 0 aliphatic carbocycles. The summed E-state index contributed by atoms with van der Waals surface area (Å²) in [4.78, 5) is 4.01. The highest BCUT2D eigenvalue weighted by molar-refractivity contribution is 9.10. The van der Waals surface area contributed by atoms with Gasteiger partial charge in [-0.05, 0) is 22.4 Å². The molecule has 0 fully saturated rings. The topological polar surface area (TPSA) is 50.9 Å². The molecule has 0 radical (unpaired) electrons. The van der Waals surface area contributed by atoms with Crippen LogP contribution in [0, 0.1) is 0 Å². The Bertz CT molecular complexity index is 308. The minimum atomic E-state index is 0.699. The van der Waals surface area contributed by atoms with Crippen LogP contribution in [0.15, 0.2) is 16.9 Å². The second kappa shape index (κ2) is 8.34. The highest BCUT2D eigenvalue weighted by Crippen LogP contribution is 2.26. The number of nitrogens with one attached hydrogen (secondary N) is 1. The van der Waals surface area contributed by atoms with Crippen LogP contribution in [0.3, 0.4) is 0 Å². The average molecular weight is 300 g/mol. The van der Waals surface area contributed by atoms with E-state index in [1.54, 1.807) is 12.4 Å². The van der Waals surface area contributed by atoms with Gasteiger partial charge < -0.3 is 11.1 Å². The third-order valence-electron chi connectivity index (χ3n) is 2.76. The lowest BCUT2D eigenvalue weighted by atomic mass is 10.1. The Kier molecular flexibility index (Phi) is 7.01. The van der Waals surface area contributed by atoms with Crippen LogP contribution in [-0.2, 0) is 0 Å². The van der Waals surface area contributed by atoms with Gasteiger partial charge in [0.1, 0.15) is 0 Å². The fourth-order valence-electron chi connectivity index (χ4n) is 1.76. The lowest BCUT2D eigenvalue weighted by Crippen LogP contribution is -2.05. The van der Waals surface area contributed by atoms with Crippen LogP contribution in [0.5, 0.6) is 0 Å². The smallest absolute Gasteiger partial charge is 0.0750 e. The monoisotopic (exact) mass is 299 g/mol. The van der Waals surface area contributed by atoms with Crippen molar-refractivity contribution in [3.05, 3.63) is 16.9 Å². The summed E-state index contributed by atoms with van der Waals surface area (Å²) in [5, 5.41) is 3.36. The molecule has 1 rings (SSSR count). The third-order valence-corrected chi connectivity index (χ3v) is 3.36. The van der Waals surface area contributed by atoms with Gasteiger partial charge >= 0.3 is 0 Å². The van der Waals surface area contributed by atoms with E-state index in [1.807, 2.05) is 0 Å². The molecule has 0 aromatic carbocycles. The second-order valence-electron chi connectivity index (χ2n) is 4.28. The van der Waals surface area contributed by atoms with Gasteiger partial charge in [-0.3, -0.25) is 4.98 Å². The molecule has 0 aliphatic rings. The van der Waals surface area contributed by atoms with E-state index in [9.17, 15) is 0 Å². The molecular weight excluding hydrogens is 278 g/mol. The Morgan fingerprint density at radius 1 is 1.18 bits per heavy atom. The van der Waals surface area contributed by atoms with Gasteiger partial charge in [0.25, 0.3) is 0 Å². The molecule has 4 heteroatoms. The van der Waals surface area contributed by atoms with Crippen LogP contribution in [0.2, 0.25) is 0 Å². The van der Waals surface area contributed by atoms with Crippen LogP contribution in [-0.4, -0.2) is 11.5 Å². The number of nitrogens with zero attached hydrogens (tertiary/aromatic N) is 1. The summed E-state index contributed by atoms with van der Waals surface area (Å²) in [7, 11) is 0. The van der Waals surface area contributed by atoms with E-state index in [2.05, 4.69) is 33.2 Å². The van der Waals surface area contributed by atoms with Gasteiger partial charge in [-0.15, -0.1) is 0 Å². The molecule has 0 amide bonds. The first kappa shape index (κ1) is 14.3. The van der Waals surface area contributed by atoms with E-state index in [0.717, 1.165) is 16.7 Å². The summed E-state index contributed by atoms with van der Waals surface area (Å²) in [6.45, 7) is 3.21. The summed E-state index contributed by atoms with van der Waals surface area (Å²) in [6.07, 6.45) is 11.3. The summed E-state index contributed by atoms with van der Waals surface area (Å²) in [6, 6.07) is 0. The number of nitrogen functional groups attached to an aromatic ring is 1. The largest absolute Gasteiger partial charge is 0.396 e. The van der Waals surface area contributed by atoms with Gasteiger partial charge in [0.15, 0.2) is 0 Å². The van der Waals surface area contributed by atoms with E-state index < -0.39 is 0 Å². The van der Waals surface area contributed by atoms with Crippen LogP contribution in [0.1, 0.15) is 45.4 Å². The zero-order chi connectivity index (χ0) is 12.5. The lowest BCUT2D eigenvalue weighted by Gasteiger charge is -2.10. The van der Waals surface area contributed by atoms with Crippen molar-refractivity contribution < 1.29 is 0 Å². The Morgan fingerprint density at radius 2 is 1.88 bits per heavy atom. The molecule has 1 aromatic rings. The quantitative estimate of drug-likeness (QED) is 0.707. The van der Waals surface area contributed by atoms with E-state index in [4.69, 9.17) is 5.73 Å². The average Bonchev–Trinajstić information content (AvgIpc) is 2.31. The fourth-order valence-corrected chi connectivity index (χ4v) is 2.24. The van der Waals surface area contributed by atoms with Gasteiger partial charge in [-0.1, -0.05) is 39.0 Å². The van der Waals surface area contributed by atoms with Crippen molar-refractivity contribution in [3.63, 3.8) is 0 Å². The van der Waals surface area contributed by atoms with E-state index in [-0.39, 0.29) is 0 Å². The fraction of sp³-hybridized carbons (Fsp3) is 0.615. The van der Waals surface area contributed by atoms with Crippen molar-refractivity contribution in [2.24, 2.45) is 0 Å². The number of rotatable bonds is 8. The molecule has 0 saturated carbocycles. The van der Waals surface area contributed by atoms with Crippen LogP contribution in [0.25, 0.3) is 0 Å². The first-order valence-corrected chi connectivity index (χ1v) is 7.18. The Labute approximate surface area is 112 Å². The number of nitrogens with two attached hydrogens (primary N) is 1. The van der Waals surface area contributed by atoms with Gasteiger partial charge in [0.05, 0.1) is 22.0 Å². The number of hydrogen-bond donors (Lipinski definition) is 2. The van der Waals surface area contributed by atoms with Crippen LogP contribution >= 0.6 is 15.9 Å². The SMILES string of the molecule is CCCCCCCCNc1c(N)cncc1Br. The van der Waals surface area contributed by atoms with Gasteiger partial charge in [-0.2, -0.15) is 0 Å². The van der Waals surface area contributed by atoms with Crippen molar-refractivity contribution >= 4 is 27.3 Å². The molecule has 0 atom stereocenters. The molecule has 1 heterocycles. The zero-order valence-electron chi connectivity index (χ0n) is 10.5. The molecule has 0 bridgehead atoms. The van der Waals surface area contributed by atoms with E-state index >= 15 is 0 Å². The minimum absolute atomic E-state index is 0.699. The number of pyridine rings is 1. The molecule has 3 N–H and O–H groups in total. The summed E-state index contributed by atoms with van der Waals surface area (Å²) < 4.78 is 0.934. The van der Waals surface area contributed by atoms with Crippen LogP contribution in [0.4, 0.5) is 11.4 Å². The molecule has 1 aromatic heterocycles. The predicted molar refractivity (Wildman–Crippen MR) is 78.2 cm³/mol. The molecule has 0 spiro atoms. The maximum atomic E-state index is 5.85. The number of hydrogen-bond acceptors (Lipinski definition) is 3. The number of halogens is 1. The van der Waals surface area contributed by atoms with Crippen molar-refractivity contribution in [1.82, 2.24) is 4.98 Å². The van der Waals surface area contributed by atoms with Gasteiger partial charge in [-0.25, -0.2) is 0 Å². The molecule has 96 valence electrons. The van der Waals surface area contributed by atoms with Crippen LogP contribution < -0.4 is 11.1 Å². The van der Waals surface area contributed by atoms with Gasteiger partial charge in [0.2, 0.25) is 0 Å². The molecule has 17 heavy (non-hydrogen) atoms. The molecule has 3 nitrogen and oxygen atoms in total. The summed E-state index contributed by atoms with van der Waals surface area (Å²) in [5.41, 5.74) is 7.51. The first-order chi connectivity index (χ1) is 8.25. The molecular formula is C13H22BrN3. The number of aromatic nitrogens is 1. The van der Waals surface area contributed by atoms with Crippen molar-refractivity contribution in [2.75, 3.05) is 17.6 Å². The highest BCUT2D eigenvalue weighted by atomic mass is 79.9. The molecule has 0 saturated heterocycles. The number of anilines is 2. The lowest BCUT2D eigenvalue weighted by molar-refractivity contribution is 0.617. The normalized spacial score (nSPS) is 10.5. The van der Waals surface area contributed by atoms with E-state index in [1.165, 1.54) is 38.5 Å². The summed E-state index contributed by atoms with van der Waals surface area (Å²) in [5.74, 6) is 0.